The summed E-state index contributed by atoms with van der Waals surface area (Å²) in [6.45, 7) is 7.89. The van der Waals surface area contributed by atoms with Crippen LogP contribution < -0.4 is 0 Å². The summed E-state index contributed by atoms with van der Waals surface area (Å²) in [4.78, 5) is 22.0. The van der Waals surface area contributed by atoms with Crippen molar-refractivity contribution in [2.45, 2.75) is 34.1 Å². The van der Waals surface area contributed by atoms with E-state index < -0.39 is 0 Å². The van der Waals surface area contributed by atoms with E-state index in [2.05, 4.69) is 9.97 Å². The lowest BCUT2D eigenvalue weighted by atomic mass is 10.1. The molecule has 0 saturated heterocycles. The molecule has 2 rings (SSSR count). The average Bonchev–Trinajstić information content (AvgIpc) is 2.57. The monoisotopic (exact) mass is 260 g/mol. The van der Waals surface area contributed by atoms with Crippen LogP contribution in [0.25, 0.3) is 0 Å². The summed E-state index contributed by atoms with van der Waals surface area (Å²) >= 11 is 1.59. The van der Waals surface area contributed by atoms with Gasteiger partial charge in [0.15, 0.2) is 5.78 Å². The summed E-state index contributed by atoms with van der Waals surface area (Å²) < 4.78 is 0. The van der Waals surface area contributed by atoms with Crippen molar-refractivity contribution < 1.29 is 4.79 Å². The maximum atomic E-state index is 12.2. The van der Waals surface area contributed by atoms with Gasteiger partial charge in [0, 0.05) is 11.1 Å². The highest BCUT2D eigenvalue weighted by atomic mass is 32.1. The van der Waals surface area contributed by atoms with Crippen molar-refractivity contribution in [3.05, 3.63) is 44.7 Å². The fourth-order valence-corrected chi connectivity index (χ4v) is 2.78. The molecule has 0 bridgehead atoms. The quantitative estimate of drug-likeness (QED) is 0.796. The lowest BCUT2D eigenvalue weighted by Gasteiger charge is -2.03. The summed E-state index contributed by atoms with van der Waals surface area (Å²) in [5.74, 6) is 0.0428. The van der Waals surface area contributed by atoms with Gasteiger partial charge in [-0.1, -0.05) is 6.07 Å². The summed E-state index contributed by atoms with van der Waals surface area (Å²) in [6.07, 6.45) is 2.08. The highest BCUT2D eigenvalue weighted by molar-refractivity contribution is 7.11. The molecule has 3 nitrogen and oxygen atoms in total. The van der Waals surface area contributed by atoms with E-state index in [9.17, 15) is 4.79 Å². The first kappa shape index (κ1) is 12.9. The van der Waals surface area contributed by atoms with E-state index >= 15 is 0 Å². The number of aryl methyl sites for hydroxylation is 4. The highest BCUT2D eigenvalue weighted by Crippen LogP contribution is 2.18. The van der Waals surface area contributed by atoms with Gasteiger partial charge in [0.2, 0.25) is 0 Å². The maximum absolute atomic E-state index is 12.2. The zero-order valence-electron chi connectivity index (χ0n) is 11.1. The van der Waals surface area contributed by atoms with Gasteiger partial charge in [0.1, 0.15) is 10.7 Å². The van der Waals surface area contributed by atoms with Crippen molar-refractivity contribution in [2.24, 2.45) is 0 Å². The Morgan fingerprint density at radius 1 is 1.28 bits per heavy atom. The second kappa shape index (κ2) is 4.98. The van der Waals surface area contributed by atoms with Crippen LogP contribution >= 0.6 is 11.3 Å². The molecule has 94 valence electrons. The molecule has 0 radical (unpaired) electrons. The number of pyridine rings is 1. The van der Waals surface area contributed by atoms with Crippen LogP contribution in [0.2, 0.25) is 0 Å². The van der Waals surface area contributed by atoms with Gasteiger partial charge in [-0.25, -0.2) is 4.98 Å². The highest BCUT2D eigenvalue weighted by Gasteiger charge is 2.14. The van der Waals surface area contributed by atoms with E-state index in [1.807, 2.05) is 33.8 Å². The molecule has 2 aromatic heterocycles. The van der Waals surface area contributed by atoms with Gasteiger partial charge < -0.3 is 0 Å². The molecule has 0 atom stereocenters. The number of carbonyl (C=O) groups excluding carboxylic acids is 1. The SMILES string of the molecule is Cc1cnc(C(=O)Cc2nc(C)c(C)s2)c(C)c1. The van der Waals surface area contributed by atoms with Gasteiger partial charge in [-0.15, -0.1) is 11.3 Å². The zero-order chi connectivity index (χ0) is 13.3. The maximum Gasteiger partial charge on any atom is 0.188 e. The molecule has 0 aliphatic carbocycles. The van der Waals surface area contributed by atoms with E-state index in [1.54, 1.807) is 17.5 Å². The van der Waals surface area contributed by atoms with Crippen LogP contribution in [0.1, 0.15) is 37.2 Å². The van der Waals surface area contributed by atoms with Crippen molar-refractivity contribution in [1.29, 1.82) is 0 Å². The number of hydrogen-bond acceptors (Lipinski definition) is 4. The Morgan fingerprint density at radius 2 is 2.00 bits per heavy atom. The Kier molecular flexibility index (Phi) is 3.57. The normalized spacial score (nSPS) is 10.7. The summed E-state index contributed by atoms with van der Waals surface area (Å²) in [6, 6.07) is 1.98. The van der Waals surface area contributed by atoms with Crippen molar-refractivity contribution in [1.82, 2.24) is 9.97 Å². The van der Waals surface area contributed by atoms with Crippen LogP contribution in [-0.2, 0) is 6.42 Å². The first-order valence-corrected chi connectivity index (χ1v) is 6.68. The molecule has 4 heteroatoms. The molecule has 0 saturated carbocycles. The van der Waals surface area contributed by atoms with Gasteiger partial charge in [0.25, 0.3) is 0 Å². The van der Waals surface area contributed by atoms with E-state index in [-0.39, 0.29) is 5.78 Å². The topological polar surface area (TPSA) is 42.9 Å². The largest absolute Gasteiger partial charge is 0.292 e. The molecule has 0 aromatic carbocycles. The number of nitrogens with zero attached hydrogens (tertiary/aromatic N) is 2. The molecular weight excluding hydrogens is 244 g/mol. The Bertz CT molecular complexity index is 582. The third kappa shape index (κ3) is 2.64. The first-order valence-electron chi connectivity index (χ1n) is 5.86. The third-order valence-corrected chi connectivity index (χ3v) is 3.94. The zero-order valence-corrected chi connectivity index (χ0v) is 11.9. The summed E-state index contributed by atoms with van der Waals surface area (Å²) in [7, 11) is 0. The van der Waals surface area contributed by atoms with E-state index in [0.717, 1.165) is 21.8 Å². The molecule has 0 unspecified atom stereocenters. The second-order valence-electron chi connectivity index (χ2n) is 4.53. The van der Waals surface area contributed by atoms with Gasteiger partial charge in [0.05, 0.1) is 12.1 Å². The molecule has 18 heavy (non-hydrogen) atoms. The predicted octanol–water partition coefficient (Wildman–Crippen LogP) is 3.20. The molecule has 2 heterocycles. The van der Waals surface area contributed by atoms with Crippen LogP contribution in [-0.4, -0.2) is 15.8 Å². The molecule has 0 amide bonds. The van der Waals surface area contributed by atoms with Gasteiger partial charge in [-0.2, -0.15) is 0 Å². The fraction of sp³-hybridized carbons (Fsp3) is 0.357. The third-order valence-electron chi connectivity index (χ3n) is 2.86. The molecular formula is C14H16N2OS. The van der Waals surface area contributed by atoms with Crippen LogP contribution in [0.15, 0.2) is 12.3 Å². The van der Waals surface area contributed by atoms with Crippen LogP contribution in [0.4, 0.5) is 0 Å². The fourth-order valence-electron chi connectivity index (χ4n) is 1.84. The van der Waals surface area contributed by atoms with Gasteiger partial charge >= 0.3 is 0 Å². The standard InChI is InChI=1S/C14H16N2OS/c1-8-5-9(2)14(15-7-8)12(17)6-13-16-10(3)11(4)18-13/h5,7H,6H2,1-4H3. The van der Waals surface area contributed by atoms with Gasteiger partial charge in [-0.3, -0.25) is 9.78 Å². The smallest absolute Gasteiger partial charge is 0.188 e. The lowest BCUT2D eigenvalue weighted by Crippen LogP contribution is -2.08. The first-order chi connectivity index (χ1) is 8.47. The molecule has 0 spiro atoms. The Balaban J connectivity index is 2.22. The van der Waals surface area contributed by atoms with Crippen LogP contribution in [0.5, 0.6) is 0 Å². The summed E-state index contributed by atoms with van der Waals surface area (Å²) in [5.41, 5.74) is 3.58. The van der Waals surface area contributed by atoms with Crippen LogP contribution in [0.3, 0.4) is 0 Å². The second-order valence-corrected chi connectivity index (χ2v) is 5.82. The minimum absolute atomic E-state index is 0.0428. The number of rotatable bonds is 3. The minimum atomic E-state index is 0.0428. The number of carbonyl (C=O) groups is 1. The van der Waals surface area contributed by atoms with Crippen molar-refractivity contribution in [3.8, 4) is 0 Å². The molecule has 0 aliphatic heterocycles. The number of aromatic nitrogens is 2. The Hall–Kier alpha value is -1.55. The van der Waals surface area contributed by atoms with E-state index in [1.165, 1.54) is 4.88 Å². The molecule has 0 aliphatic rings. The van der Waals surface area contributed by atoms with Gasteiger partial charge in [-0.05, 0) is 38.8 Å². The van der Waals surface area contributed by atoms with Crippen LogP contribution in [0, 0.1) is 27.7 Å². The predicted molar refractivity (Wildman–Crippen MR) is 73.3 cm³/mol. The van der Waals surface area contributed by atoms with E-state index in [0.29, 0.717) is 12.1 Å². The molecule has 2 aromatic rings. The van der Waals surface area contributed by atoms with Crippen molar-refractivity contribution >= 4 is 17.1 Å². The average molecular weight is 260 g/mol. The number of hydrogen-bond donors (Lipinski definition) is 0. The molecule has 0 N–H and O–H groups in total. The van der Waals surface area contributed by atoms with Crippen molar-refractivity contribution in [3.63, 3.8) is 0 Å². The number of ketones is 1. The Labute approximate surface area is 111 Å². The number of thiazole rings is 1. The number of Topliss-reactive ketones (excluding diaryl/α,β-unsaturated/α-hetero) is 1. The summed E-state index contributed by atoms with van der Waals surface area (Å²) in [5, 5.41) is 0.872. The lowest BCUT2D eigenvalue weighted by molar-refractivity contribution is 0.0987. The molecule has 0 fully saturated rings. The Morgan fingerprint density at radius 3 is 2.56 bits per heavy atom. The minimum Gasteiger partial charge on any atom is -0.292 e. The van der Waals surface area contributed by atoms with E-state index in [4.69, 9.17) is 0 Å². The van der Waals surface area contributed by atoms with Crippen molar-refractivity contribution in [2.75, 3.05) is 0 Å².